The second-order valence-electron chi connectivity index (χ2n) is 8.77. The van der Waals surface area contributed by atoms with Crippen molar-refractivity contribution >= 4 is 5.97 Å². The van der Waals surface area contributed by atoms with Crippen LogP contribution in [-0.4, -0.2) is 72.6 Å². The van der Waals surface area contributed by atoms with Gasteiger partial charge in [-0.3, -0.25) is 5.10 Å². The smallest absolute Gasteiger partial charge is 0.475 e. The van der Waals surface area contributed by atoms with E-state index in [1.165, 1.54) is 6.20 Å². The zero-order valence-electron chi connectivity index (χ0n) is 20.3. The highest BCUT2D eigenvalue weighted by Gasteiger charge is 2.40. The van der Waals surface area contributed by atoms with Crippen molar-refractivity contribution in [1.82, 2.24) is 35.7 Å². The van der Waals surface area contributed by atoms with Crippen LogP contribution in [0.3, 0.4) is 0 Å². The molecule has 2 unspecified atom stereocenters. The van der Waals surface area contributed by atoms with E-state index in [0.29, 0.717) is 50.3 Å². The SMILES string of the molecule is C#CCCC1(CCNC(c2cn[nH]c2C(C)(F)F)c2nnnn2CC2CCCO2)N=N1.O=C(O)C(F)(F)F. The number of aliphatic carboxylic acids is 1. The molecule has 0 amide bonds. The maximum Gasteiger partial charge on any atom is 0.490 e. The number of nitrogens with zero attached hydrogens (tertiary/aromatic N) is 7. The molecule has 1 saturated heterocycles. The van der Waals surface area contributed by atoms with E-state index in [1.54, 1.807) is 4.68 Å². The Morgan fingerprint density at radius 2 is 2.08 bits per heavy atom. The zero-order valence-corrected chi connectivity index (χ0v) is 20.3. The number of carbonyl (C=O) groups is 1. The molecule has 0 aromatic carbocycles. The number of hydrogen-bond donors (Lipinski definition) is 3. The van der Waals surface area contributed by atoms with Gasteiger partial charge in [0.05, 0.1) is 24.9 Å². The van der Waals surface area contributed by atoms with Crippen LogP contribution in [0.5, 0.6) is 0 Å². The van der Waals surface area contributed by atoms with Crippen LogP contribution in [0.25, 0.3) is 0 Å². The van der Waals surface area contributed by atoms with Crippen LogP contribution >= 0.6 is 0 Å². The highest BCUT2D eigenvalue weighted by molar-refractivity contribution is 5.73. The Morgan fingerprint density at radius 3 is 2.63 bits per heavy atom. The molecule has 0 aliphatic carbocycles. The van der Waals surface area contributed by atoms with Gasteiger partial charge in [-0.25, -0.2) is 9.48 Å². The van der Waals surface area contributed by atoms with Crippen molar-refractivity contribution in [1.29, 1.82) is 0 Å². The van der Waals surface area contributed by atoms with E-state index in [4.69, 9.17) is 21.1 Å². The van der Waals surface area contributed by atoms with Crippen LogP contribution in [0.15, 0.2) is 16.4 Å². The number of ether oxygens (including phenoxy) is 1. The fourth-order valence-corrected chi connectivity index (χ4v) is 3.82. The highest BCUT2D eigenvalue weighted by Crippen LogP contribution is 2.37. The summed E-state index contributed by atoms with van der Waals surface area (Å²) >= 11 is 0. The molecule has 1 fully saturated rings. The average Bonchev–Trinajstić information content (AvgIpc) is 3.28. The topological polar surface area (TPSA) is 156 Å². The number of terminal acetylenes is 1. The largest absolute Gasteiger partial charge is 0.490 e. The fourth-order valence-electron chi connectivity index (χ4n) is 3.82. The van der Waals surface area contributed by atoms with E-state index in [2.05, 4.69) is 47.2 Å². The quantitative estimate of drug-likeness (QED) is 0.286. The number of H-pyrrole nitrogens is 1. The van der Waals surface area contributed by atoms with Gasteiger partial charge in [0.25, 0.3) is 5.92 Å². The summed E-state index contributed by atoms with van der Waals surface area (Å²) < 4.78 is 67.5. The molecule has 2 atom stereocenters. The summed E-state index contributed by atoms with van der Waals surface area (Å²) in [4.78, 5) is 8.90. The first-order valence-corrected chi connectivity index (χ1v) is 11.6. The number of halogens is 5. The molecule has 4 heterocycles. The van der Waals surface area contributed by atoms with E-state index in [1.807, 2.05) is 0 Å². The lowest BCUT2D eigenvalue weighted by atomic mass is 10.0. The van der Waals surface area contributed by atoms with Gasteiger partial charge in [-0.15, -0.1) is 17.4 Å². The number of hydrogen-bond acceptors (Lipinski definition) is 9. The van der Waals surface area contributed by atoms with Crippen molar-refractivity contribution in [2.75, 3.05) is 13.2 Å². The molecule has 208 valence electrons. The summed E-state index contributed by atoms with van der Waals surface area (Å²) in [5, 5.41) is 37.0. The average molecular weight is 547 g/mol. The summed E-state index contributed by atoms with van der Waals surface area (Å²) in [5.41, 5.74) is -0.473. The van der Waals surface area contributed by atoms with Crippen molar-refractivity contribution in [2.45, 2.75) is 75.5 Å². The van der Waals surface area contributed by atoms with Gasteiger partial charge in [-0.1, -0.05) is 0 Å². The van der Waals surface area contributed by atoms with Crippen LogP contribution in [-0.2, 0) is 22.0 Å². The number of aromatic amines is 1. The van der Waals surface area contributed by atoms with Crippen molar-refractivity contribution < 1.29 is 36.6 Å². The number of carboxylic acids is 1. The lowest BCUT2D eigenvalue weighted by molar-refractivity contribution is -0.192. The molecule has 0 bridgehead atoms. The molecule has 12 nitrogen and oxygen atoms in total. The molecule has 2 aromatic rings. The van der Waals surface area contributed by atoms with Crippen LogP contribution in [0.4, 0.5) is 22.0 Å². The molecule has 2 aromatic heterocycles. The molecule has 2 aliphatic rings. The molecule has 0 saturated carbocycles. The van der Waals surface area contributed by atoms with Crippen LogP contribution in [0.2, 0.25) is 0 Å². The van der Waals surface area contributed by atoms with Crippen molar-refractivity contribution in [3.8, 4) is 12.3 Å². The number of rotatable bonds is 11. The lowest BCUT2D eigenvalue weighted by Crippen LogP contribution is -2.32. The minimum Gasteiger partial charge on any atom is -0.475 e. The first-order valence-electron chi connectivity index (χ1n) is 11.6. The maximum atomic E-state index is 14.2. The monoisotopic (exact) mass is 547 g/mol. The Hall–Kier alpha value is -3.52. The second-order valence-corrected chi connectivity index (χ2v) is 8.77. The van der Waals surface area contributed by atoms with Crippen molar-refractivity contribution in [3.63, 3.8) is 0 Å². The maximum absolute atomic E-state index is 14.2. The van der Waals surface area contributed by atoms with E-state index in [0.717, 1.165) is 19.8 Å². The fraction of sp³-hybridized carbons (Fsp3) is 0.667. The Labute approximate surface area is 213 Å². The molecule has 17 heteroatoms. The van der Waals surface area contributed by atoms with Crippen molar-refractivity contribution in [3.05, 3.63) is 23.3 Å². The summed E-state index contributed by atoms with van der Waals surface area (Å²) in [5.74, 6) is -2.84. The third kappa shape index (κ3) is 7.74. The number of nitrogens with one attached hydrogen (secondary N) is 2. The van der Waals surface area contributed by atoms with Gasteiger partial charge in [0.15, 0.2) is 11.5 Å². The third-order valence-corrected chi connectivity index (χ3v) is 5.81. The van der Waals surface area contributed by atoms with Crippen molar-refractivity contribution in [2.24, 2.45) is 10.2 Å². The third-order valence-electron chi connectivity index (χ3n) is 5.81. The summed E-state index contributed by atoms with van der Waals surface area (Å²) in [6.07, 6.45) is 5.35. The van der Waals surface area contributed by atoms with Gasteiger partial charge >= 0.3 is 12.1 Å². The van der Waals surface area contributed by atoms with E-state index < -0.39 is 29.8 Å². The lowest BCUT2D eigenvalue weighted by Gasteiger charge is -2.21. The molecule has 38 heavy (non-hydrogen) atoms. The Kier molecular flexibility index (Phi) is 9.09. The standard InChI is InChI=1S/C19H25F2N9O.C2HF3O2/c1-3-4-7-19(26-27-19)8-9-22-15(14-11-23-24-16(14)18(2,20)21)17-25-28-29-30(17)12-13-6-5-10-31-13;3-2(4,5)1(6)7/h1,11,13,15,22H,4-10,12H2,2H3,(H,23,24);(H,6,7). The summed E-state index contributed by atoms with van der Waals surface area (Å²) in [6, 6.07) is -0.695. The molecule has 3 N–H and O–H groups in total. The summed E-state index contributed by atoms with van der Waals surface area (Å²) in [7, 11) is 0. The molecular weight excluding hydrogens is 521 g/mol. The van der Waals surface area contributed by atoms with Gasteiger partial charge in [-0.05, 0) is 23.3 Å². The number of alkyl halides is 5. The minimum atomic E-state index is -5.08. The normalized spacial score (nSPS) is 18.9. The molecule has 0 spiro atoms. The Morgan fingerprint density at radius 1 is 1.37 bits per heavy atom. The van der Waals surface area contributed by atoms with E-state index >= 15 is 0 Å². The van der Waals surface area contributed by atoms with Gasteiger partial charge < -0.3 is 15.2 Å². The summed E-state index contributed by atoms with van der Waals surface area (Å²) in [6.45, 7) is 2.43. The minimum absolute atomic E-state index is 0.00423. The number of aromatic nitrogens is 6. The molecule has 2 aliphatic heterocycles. The predicted octanol–water partition coefficient (Wildman–Crippen LogP) is 2.96. The first kappa shape index (κ1) is 29.0. The Bertz CT molecular complexity index is 1140. The second kappa shape index (κ2) is 11.9. The van der Waals surface area contributed by atoms with E-state index in [-0.39, 0.29) is 11.8 Å². The van der Waals surface area contributed by atoms with Gasteiger partial charge in [0, 0.05) is 44.9 Å². The Balaban J connectivity index is 0.000000505. The molecule has 0 radical (unpaired) electrons. The zero-order chi connectivity index (χ0) is 28.0. The van der Waals surface area contributed by atoms with Crippen LogP contribution in [0.1, 0.15) is 62.2 Å². The molecule has 4 rings (SSSR count). The first-order chi connectivity index (χ1) is 17.9. The number of tetrazole rings is 1. The van der Waals surface area contributed by atoms with E-state index in [9.17, 15) is 22.0 Å². The molecular formula is C21H26F5N9O3. The van der Waals surface area contributed by atoms with Gasteiger partial charge in [0.1, 0.15) is 5.69 Å². The van der Waals surface area contributed by atoms with Gasteiger partial charge in [0.2, 0.25) is 0 Å². The number of carboxylic acid groups (broad SMARTS) is 1. The highest BCUT2D eigenvalue weighted by atomic mass is 19.4. The van der Waals surface area contributed by atoms with Crippen LogP contribution < -0.4 is 5.32 Å². The predicted molar refractivity (Wildman–Crippen MR) is 119 cm³/mol. The van der Waals surface area contributed by atoms with Crippen LogP contribution in [0, 0.1) is 12.3 Å². The van der Waals surface area contributed by atoms with Gasteiger partial charge in [-0.2, -0.15) is 37.3 Å².